The van der Waals surface area contributed by atoms with E-state index < -0.39 is 27.8 Å². The molecule has 218 valence electrons. The van der Waals surface area contributed by atoms with Crippen LogP contribution in [0.1, 0.15) is 37.9 Å². The van der Waals surface area contributed by atoms with Gasteiger partial charge in [-0.2, -0.15) is 4.31 Å². The zero-order valence-corrected chi connectivity index (χ0v) is 24.3. The number of hydrogen-bond donors (Lipinski definition) is 2. The lowest BCUT2D eigenvalue weighted by molar-refractivity contribution is -0.118. The fourth-order valence-corrected chi connectivity index (χ4v) is 5.58. The Hall–Kier alpha value is -3.25. The third kappa shape index (κ3) is 9.16. The summed E-state index contributed by atoms with van der Waals surface area (Å²) < 4.78 is 44.5. The van der Waals surface area contributed by atoms with Gasteiger partial charge >= 0.3 is 6.09 Å². The highest BCUT2D eigenvalue weighted by Crippen LogP contribution is 2.37. The number of sulfonamides is 1. The number of hydrogen-bond acceptors (Lipinski definition) is 7. The van der Waals surface area contributed by atoms with Gasteiger partial charge in [0.25, 0.3) is 0 Å². The molecule has 0 fully saturated rings. The molecule has 1 unspecified atom stereocenters. The Morgan fingerprint density at radius 3 is 2.10 bits per heavy atom. The molecule has 0 saturated carbocycles. The Balaban J connectivity index is 1.45. The van der Waals surface area contributed by atoms with Crippen LogP contribution in [0.15, 0.2) is 71.1 Å². The molecule has 2 amide bonds. The minimum Gasteiger partial charge on any atom is -0.444 e. The molecular weight excluding hydrogens is 534 g/mol. The van der Waals surface area contributed by atoms with Crippen molar-refractivity contribution >= 4 is 22.0 Å². The van der Waals surface area contributed by atoms with Crippen LogP contribution < -0.4 is 10.6 Å². The van der Waals surface area contributed by atoms with Gasteiger partial charge in [0.1, 0.15) is 5.60 Å². The number of alkyl carbamates (subject to hydrolysis) is 1. The van der Waals surface area contributed by atoms with Crippen molar-refractivity contribution in [3.8, 4) is 0 Å². The van der Waals surface area contributed by atoms with E-state index >= 15 is 0 Å². The number of amides is 2. The number of benzene rings is 2. The SMILES string of the molecule is Cc1ccc(S(=O)(=O)N2CC=C(C(=O)NCCOCCOCCNC(=O)OC(C)(C)C)C2c2ccccc2)cc1. The molecule has 2 N–H and O–H groups in total. The summed E-state index contributed by atoms with van der Waals surface area (Å²) in [6.45, 7) is 9.17. The molecular formula is C29H39N3O7S. The number of rotatable bonds is 13. The fourth-order valence-electron chi connectivity index (χ4n) is 4.04. The molecule has 1 aliphatic rings. The molecule has 3 rings (SSSR count). The molecule has 2 aromatic rings. The standard InChI is InChI=1S/C29H39N3O7S/c1-22-10-12-24(13-11-22)40(35,36)32-17-14-25(26(32)23-8-6-5-7-9-23)27(33)30-15-18-37-20-21-38-19-16-31-28(34)39-29(2,3)4/h5-14,26H,15-21H2,1-4H3,(H,30,33)(H,31,34). The molecule has 1 atom stereocenters. The van der Waals surface area contributed by atoms with Crippen molar-refractivity contribution in [2.24, 2.45) is 0 Å². The summed E-state index contributed by atoms with van der Waals surface area (Å²) in [4.78, 5) is 24.9. The minimum absolute atomic E-state index is 0.0924. The molecule has 10 nitrogen and oxygen atoms in total. The van der Waals surface area contributed by atoms with E-state index in [1.54, 1.807) is 51.1 Å². The Morgan fingerprint density at radius 2 is 1.50 bits per heavy atom. The summed E-state index contributed by atoms with van der Waals surface area (Å²) in [6.07, 6.45) is 1.17. The Labute approximate surface area is 236 Å². The van der Waals surface area contributed by atoms with Gasteiger partial charge < -0.3 is 24.8 Å². The number of nitrogens with one attached hydrogen (secondary N) is 2. The molecule has 0 bridgehead atoms. The average Bonchev–Trinajstić information content (AvgIpc) is 3.36. The van der Waals surface area contributed by atoms with Gasteiger partial charge in [-0.05, 0) is 45.4 Å². The van der Waals surface area contributed by atoms with Gasteiger partial charge in [-0.1, -0.05) is 54.1 Å². The fraction of sp³-hybridized carbons (Fsp3) is 0.448. The van der Waals surface area contributed by atoms with Crippen molar-refractivity contribution in [1.82, 2.24) is 14.9 Å². The van der Waals surface area contributed by atoms with Crippen molar-refractivity contribution in [3.05, 3.63) is 77.4 Å². The second kappa shape index (κ2) is 14.4. The van der Waals surface area contributed by atoms with Crippen LogP contribution in [0.5, 0.6) is 0 Å². The first kappa shape index (κ1) is 31.3. The Morgan fingerprint density at radius 1 is 0.900 bits per heavy atom. The van der Waals surface area contributed by atoms with Gasteiger partial charge in [-0.25, -0.2) is 13.2 Å². The van der Waals surface area contributed by atoms with E-state index in [0.29, 0.717) is 37.5 Å². The smallest absolute Gasteiger partial charge is 0.407 e. The maximum absolute atomic E-state index is 13.5. The van der Waals surface area contributed by atoms with Crippen molar-refractivity contribution in [1.29, 1.82) is 0 Å². The van der Waals surface area contributed by atoms with Gasteiger partial charge in [0.05, 0.1) is 37.4 Å². The molecule has 1 aliphatic heterocycles. The number of ether oxygens (including phenoxy) is 3. The molecule has 0 saturated heterocycles. The lowest BCUT2D eigenvalue weighted by Crippen LogP contribution is -2.36. The summed E-state index contributed by atoms with van der Waals surface area (Å²) in [7, 11) is -3.84. The van der Waals surface area contributed by atoms with Gasteiger partial charge in [-0.15, -0.1) is 0 Å². The average molecular weight is 574 g/mol. The first-order chi connectivity index (χ1) is 19.0. The van der Waals surface area contributed by atoms with Crippen molar-refractivity contribution in [3.63, 3.8) is 0 Å². The maximum atomic E-state index is 13.5. The van der Waals surface area contributed by atoms with E-state index in [-0.39, 0.29) is 30.5 Å². The number of carbonyl (C=O) groups is 2. The summed E-state index contributed by atoms with van der Waals surface area (Å²) in [5, 5.41) is 5.44. The highest BCUT2D eigenvalue weighted by Gasteiger charge is 2.40. The second-order valence-electron chi connectivity index (χ2n) is 10.3. The van der Waals surface area contributed by atoms with E-state index in [9.17, 15) is 18.0 Å². The number of nitrogens with zero attached hydrogens (tertiary/aromatic N) is 1. The number of carbonyl (C=O) groups excluding carboxylic acids is 2. The van der Waals surface area contributed by atoms with Crippen LogP contribution in [0, 0.1) is 6.92 Å². The first-order valence-electron chi connectivity index (χ1n) is 13.2. The number of aryl methyl sites for hydroxylation is 1. The highest BCUT2D eigenvalue weighted by atomic mass is 32.2. The van der Waals surface area contributed by atoms with Crippen LogP contribution >= 0.6 is 0 Å². The van der Waals surface area contributed by atoms with Crippen LogP contribution in [0.3, 0.4) is 0 Å². The van der Waals surface area contributed by atoms with E-state index in [0.717, 1.165) is 5.56 Å². The summed E-state index contributed by atoms with van der Waals surface area (Å²) in [5.74, 6) is -0.344. The largest absolute Gasteiger partial charge is 0.444 e. The molecule has 11 heteroatoms. The van der Waals surface area contributed by atoms with Crippen LogP contribution in [0.2, 0.25) is 0 Å². The van der Waals surface area contributed by atoms with Crippen LogP contribution in [-0.4, -0.2) is 76.4 Å². The van der Waals surface area contributed by atoms with Crippen LogP contribution in [0.25, 0.3) is 0 Å². The summed E-state index contributed by atoms with van der Waals surface area (Å²) in [5.41, 5.74) is 1.50. The maximum Gasteiger partial charge on any atom is 0.407 e. The van der Waals surface area contributed by atoms with Gasteiger partial charge in [0.15, 0.2) is 0 Å². The molecule has 40 heavy (non-hydrogen) atoms. The Kier molecular flexibility index (Phi) is 11.3. The molecule has 1 heterocycles. The lowest BCUT2D eigenvalue weighted by Gasteiger charge is -2.27. The lowest BCUT2D eigenvalue weighted by atomic mass is 10.0. The van der Waals surface area contributed by atoms with Gasteiger partial charge in [-0.3, -0.25) is 4.79 Å². The molecule has 2 aromatic carbocycles. The van der Waals surface area contributed by atoms with Crippen molar-refractivity contribution < 1.29 is 32.2 Å². The zero-order chi connectivity index (χ0) is 29.2. The second-order valence-corrected chi connectivity index (χ2v) is 12.2. The normalized spacial score (nSPS) is 15.9. The van der Waals surface area contributed by atoms with Crippen LogP contribution in [0.4, 0.5) is 4.79 Å². The van der Waals surface area contributed by atoms with Crippen LogP contribution in [-0.2, 0) is 29.0 Å². The third-order valence-electron chi connectivity index (χ3n) is 5.90. The van der Waals surface area contributed by atoms with Crippen molar-refractivity contribution in [2.45, 2.75) is 44.2 Å². The molecule has 0 radical (unpaired) electrons. The summed E-state index contributed by atoms with van der Waals surface area (Å²) in [6, 6.07) is 15.1. The first-order valence-corrected chi connectivity index (χ1v) is 14.7. The predicted octanol–water partition coefficient (Wildman–Crippen LogP) is 3.34. The van der Waals surface area contributed by atoms with E-state index in [1.165, 1.54) is 4.31 Å². The monoisotopic (exact) mass is 573 g/mol. The van der Waals surface area contributed by atoms with E-state index in [1.807, 2.05) is 37.3 Å². The quantitative estimate of drug-likeness (QED) is 0.352. The van der Waals surface area contributed by atoms with E-state index in [4.69, 9.17) is 14.2 Å². The third-order valence-corrected chi connectivity index (χ3v) is 7.74. The minimum atomic E-state index is -3.84. The zero-order valence-electron chi connectivity index (χ0n) is 23.5. The van der Waals surface area contributed by atoms with Crippen molar-refractivity contribution in [2.75, 3.05) is 46.1 Å². The molecule has 0 aliphatic carbocycles. The summed E-state index contributed by atoms with van der Waals surface area (Å²) >= 11 is 0. The van der Waals surface area contributed by atoms with E-state index in [2.05, 4.69) is 10.6 Å². The van der Waals surface area contributed by atoms with Gasteiger partial charge in [0, 0.05) is 25.2 Å². The Bertz CT molecular complexity index is 1260. The molecule has 0 aromatic heterocycles. The van der Waals surface area contributed by atoms with Gasteiger partial charge in [0.2, 0.25) is 15.9 Å². The molecule has 0 spiro atoms. The predicted molar refractivity (Wildman–Crippen MR) is 151 cm³/mol. The highest BCUT2D eigenvalue weighted by molar-refractivity contribution is 7.89. The topological polar surface area (TPSA) is 123 Å².